The van der Waals surface area contributed by atoms with Gasteiger partial charge in [0.1, 0.15) is 18.1 Å². The summed E-state index contributed by atoms with van der Waals surface area (Å²) in [6.45, 7) is 7.31. The number of pyridine rings is 1. The SMILES string of the molecule is C[C@H](NC(=O)C(=O)C(CC(F)F)NC(=O)[C@@H]1[C@H]2CCC[C@@H]2CN1C(=O)[C@H](NC(=O)c1ccnc2ccccc12)C(C)(C)C)c1ccccc1. The number of nitrogens with one attached hydrogen (secondary N) is 3. The Kier molecular flexibility index (Phi) is 10.7. The monoisotopic (exact) mass is 675 g/mol. The molecule has 12 heteroatoms. The summed E-state index contributed by atoms with van der Waals surface area (Å²) in [6, 6.07) is 13.1. The van der Waals surface area contributed by atoms with E-state index in [-0.39, 0.29) is 18.4 Å². The Hall–Kier alpha value is -4.74. The maximum atomic E-state index is 14.4. The number of rotatable bonds is 11. The van der Waals surface area contributed by atoms with Crippen LogP contribution in [0.2, 0.25) is 0 Å². The standard InChI is InChI=1S/C37H43F2N5O5/c1-21(22-11-6-5-7-12-22)41-35(48)31(45)28(19-29(38)39)42-34(47)30-24-15-10-13-23(24)20-44(30)36(49)32(37(2,3)4)43-33(46)26-17-18-40-27-16-9-8-14-25(26)27/h5-9,11-12,14,16-18,21,23-24,28-30,32H,10,13,15,19-20H2,1-4H3,(H,41,48)(H,42,47)(H,43,46)/t21-,23+,24-,28?,30-,32-/m0/s1. The minimum Gasteiger partial charge on any atom is -0.344 e. The van der Waals surface area contributed by atoms with Crippen molar-refractivity contribution in [3.63, 3.8) is 0 Å². The maximum absolute atomic E-state index is 14.4. The summed E-state index contributed by atoms with van der Waals surface area (Å²) in [5.74, 6) is -4.31. The van der Waals surface area contributed by atoms with Crippen LogP contribution in [0, 0.1) is 17.3 Å². The van der Waals surface area contributed by atoms with Gasteiger partial charge in [0.05, 0.1) is 17.1 Å². The number of fused-ring (bicyclic) bond motifs is 2. The van der Waals surface area contributed by atoms with Gasteiger partial charge in [-0.05, 0) is 54.7 Å². The molecule has 4 amide bonds. The summed E-state index contributed by atoms with van der Waals surface area (Å²) in [5.41, 5.74) is 0.890. The molecule has 2 fully saturated rings. The Balaban J connectivity index is 1.37. The van der Waals surface area contributed by atoms with Crippen LogP contribution in [0.3, 0.4) is 0 Å². The Morgan fingerprint density at radius 1 is 0.918 bits per heavy atom. The molecule has 6 atom stereocenters. The van der Waals surface area contributed by atoms with Crippen molar-refractivity contribution >= 4 is 40.3 Å². The zero-order chi connectivity index (χ0) is 35.5. The molecule has 1 unspecified atom stereocenters. The van der Waals surface area contributed by atoms with Gasteiger partial charge in [0.2, 0.25) is 24.0 Å². The van der Waals surface area contributed by atoms with E-state index in [2.05, 4.69) is 20.9 Å². The van der Waals surface area contributed by atoms with Gasteiger partial charge in [-0.25, -0.2) is 8.78 Å². The molecule has 0 radical (unpaired) electrons. The third kappa shape index (κ3) is 7.95. The van der Waals surface area contributed by atoms with Crippen LogP contribution in [0.15, 0.2) is 66.9 Å². The van der Waals surface area contributed by atoms with E-state index < -0.39 is 71.8 Å². The number of hydrogen-bond donors (Lipinski definition) is 3. The highest BCUT2D eigenvalue weighted by Gasteiger charge is 2.52. The van der Waals surface area contributed by atoms with E-state index in [4.69, 9.17) is 0 Å². The third-order valence-corrected chi connectivity index (χ3v) is 9.64. The summed E-state index contributed by atoms with van der Waals surface area (Å²) in [5, 5.41) is 8.49. The van der Waals surface area contributed by atoms with Crippen LogP contribution in [0.4, 0.5) is 8.78 Å². The first-order valence-corrected chi connectivity index (χ1v) is 16.7. The number of halogens is 2. The van der Waals surface area contributed by atoms with Gasteiger partial charge in [-0.1, -0.05) is 75.7 Å². The lowest BCUT2D eigenvalue weighted by Gasteiger charge is -2.36. The lowest BCUT2D eigenvalue weighted by Crippen LogP contribution is -2.60. The van der Waals surface area contributed by atoms with Crippen LogP contribution in [-0.4, -0.2) is 70.4 Å². The number of likely N-dealkylation sites (tertiary alicyclic amines) is 1. The molecule has 1 aromatic heterocycles. The number of carbonyl (C=O) groups excluding carboxylic acids is 5. The minimum atomic E-state index is -2.99. The van der Waals surface area contributed by atoms with Gasteiger partial charge in [-0.2, -0.15) is 0 Å². The second-order valence-electron chi connectivity index (χ2n) is 14.1. The normalized spacial score (nSPS) is 20.7. The summed E-state index contributed by atoms with van der Waals surface area (Å²) in [7, 11) is 0. The number of aromatic nitrogens is 1. The highest BCUT2D eigenvalue weighted by molar-refractivity contribution is 6.38. The van der Waals surface area contributed by atoms with Gasteiger partial charge >= 0.3 is 0 Å². The Bertz CT molecular complexity index is 1710. The molecule has 0 bridgehead atoms. The Morgan fingerprint density at radius 2 is 1.61 bits per heavy atom. The van der Waals surface area contributed by atoms with Crippen LogP contribution in [0.25, 0.3) is 10.9 Å². The Morgan fingerprint density at radius 3 is 2.31 bits per heavy atom. The zero-order valence-corrected chi connectivity index (χ0v) is 28.1. The van der Waals surface area contributed by atoms with Crippen LogP contribution in [0.1, 0.15) is 75.3 Å². The molecular formula is C37H43F2N5O5. The van der Waals surface area contributed by atoms with E-state index in [1.54, 1.807) is 82.3 Å². The molecule has 2 heterocycles. The molecule has 5 rings (SSSR count). The van der Waals surface area contributed by atoms with Crippen molar-refractivity contribution < 1.29 is 32.8 Å². The molecule has 1 saturated carbocycles. The van der Waals surface area contributed by atoms with Crippen LogP contribution < -0.4 is 16.0 Å². The topological polar surface area (TPSA) is 138 Å². The number of Topliss-reactive ketones (excluding diaryl/α,β-unsaturated/α-hetero) is 1. The van der Waals surface area contributed by atoms with Crippen LogP contribution in [0.5, 0.6) is 0 Å². The number of amides is 4. The fraction of sp³-hybridized carbons (Fsp3) is 0.459. The second kappa shape index (κ2) is 14.8. The summed E-state index contributed by atoms with van der Waals surface area (Å²) >= 11 is 0. The molecule has 1 aliphatic carbocycles. The van der Waals surface area contributed by atoms with Gasteiger partial charge in [0.15, 0.2) is 0 Å². The smallest absolute Gasteiger partial charge is 0.290 e. The molecular weight excluding hydrogens is 632 g/mol. The molecule has 1 aliphatic heterocycles. The molecule has 49 heavy (non-hydrogen) atoms. The molecule has 10 nitrogen and oxygen atoms in total. The number of para-hydroxylation sites is 1. The lowest BCUT2D eigenvalue weighted by atomic mass is 9.85. The van der Waals surface area contributed by atoms with Crippen molar-refractivity contribution in [1.29, 1.82) is 0 Å². The van der Waals surface area contributed by atoms with E-state index in [0.29, 0.717) is 28.5 Å². The Labute approximate surface area is 284 Å². The largest absolute Gasteiger partial charge is 0.344 e. The van der Waals surface area contributed by atoms with E-state index in [1.807, 2.05) is 6.07 Å². The van der Waals surface area contributed by atoms with Crippen molar-refractivity contribution in [1.82, 2.24) is 25.8 Å². The van der Waals surface area contributed by atoms with Gasteiger partial charge in [-0.3, -0.25) is 29.0 Å². The number of benzene rings is 2. The predicted molar refractivity (Wildman–Crippen MR) is 179 cm³/mol. The predicted octanol–water partition coefficient (Wildman–Crippen LogP) is 4.59. The quantitative estimate of drug-likeness (QED) is 0.254. The fourth-order valence-corrected chi connectivity index (χ4v) is 7.10. The van der Waals surface area contributed by atoms with Crippen molar-refractivity contribution in [3.8, 4) is 0 Å². The second-order valence-corrected chi connectivity index (χ2v) is 14.1. The summed E-state index contributed by atoms with van der Waals surface area (Å²) in [4.78, 5) is 74.0. The van der Waals surface area contributed by atoms with Crippen molar-refractivity contribution in [2.45, 2.75) is 84.0 Å². The first kappa shape index (κ1) is 35.6. The maximum Gasteiger partial charge on any atom is 0.290 e. The first-order chi connectivity index (χ1) is 23.3. The number of carbonyl (C=O) groups is 5. The zero-order valence-electron chi connectivity index (χ0n) is 28.1. The number of nitrogens with zero attached hydrogens (tertiary/aromatic N) is 2. The lowest BCUT2D eigenvalue weighted by molar-refractivity contribution is -0.145. The molecule has 0 spiro atoms. The van der Waals surface area contributed by atoms with E-state index in [9.17, 15) is 32.8 Å². The molecule has 2 aliphatic rings. The third-order valence-electron chi connectivity index (χ3n) is 9.64. The number of hydrogen-bond acceptors (Lipinski definition) is 6. The molecule has 3 aromatic rings. The van der Waals surface area contributed by atoms with Gasteiger partial charge in [0.25, 0.3) is 11.8 Å². The highest BCUT2D eigenvalue weighted by Crippen LogP contribution is 2.43. The highest BCUT2D eigenvalue weighted by atomic mass is 19.3. The van der Waals surface area contributed by atoms with Crippen molar-refractivity contribution in [2.75, 3.05) is 6.54 Å². The number of ketones is 1. The first-order valence-electron chi connectivity index (χ1n) is 16.7. The van der Waals surface area contributed by atoms with Gasteiger partial charge in [0, 0.05) is 24.5 Å². The van der Waals surface area contributed by atoms with Crippen molar-refractivity contribution in [3.05, 3.63) is 78.0 Å². The summed E-state index contributed by atoms with van der Waals surface area (Å²) in [6.07, 6.45) is -0.300. The van der Waals surface area contributed by atoms with E-state index >= 15 is 0 Å². The van der Waals surface area contributed by atoms with Crippen LogP contribution in [-0.2, 0) is 19.2 Å². The number of alkyl halides is 2. The van der Waals surface area contributed by atoms with E-state index in [0.717, 1.165) is 12.8 Å². The minimum absolute atomic E-state index is 0.0144. The molecule has 2 aromatic carbocycles. The molecule has 260 valence electrons. The average molecular weight is 676 g/mol. The summed E-state index contributed by atoms with van der Waals surface area (Å²) < 4.78 is 27.5. The fourth-order valence-electron chi connectivity index (χ4n) is 7.10. The van der Waals surface area contributed by atoms with Crippen molar-refractivity contribution in [2.24, 2.45) is 17.3 Å². The van der Waals surface area contributed by atoms with Gasteiger partial charge in [-0.15, -0.1) is 0 Å². The molecule has 3 N–H and O–H groups in total. The van der Waals surface area contributed by atoms with E-state index in [1.165, 1.54) is 11.1 Å². The average Bonchev–Trinajstić information content (AvgIpc) is 3.67. The van der Waals surface area contributed by atoms with Crippen LogP contribution >= 0.6 is 0 Å². The van der Waals surface area contributed by atoms with Gasteiger partial charge < -0.3 is 20.9 Å². The molecule has 1 saturated heterocycles.